The van der Waals surface area contributed by atoms with E-state index in [1.807, 2.05) is 27.7 Å². The predicted molar refractivity (Wildman–Crippen MR) is 82.4 cm³/mol. The van der Waals surface area contributed by atoms with Crippen LogP contribution in [0.3, 0.4) is 0 Å². The van der Waals surface area contributed by atoms with Crippen LogP contribution in [0.2, 0.25) is 0 Å². The molecule has 0 bridgehead atoms. The van der Waals surface area contributed by atoms with Gasteiger partial charge >= 0.3 is 8.05 Å². The van der Waals surface area contributed by atoms with Gasteiger partial charge < -0.3 is 4.65 Å². The maximum absolute atomic E-state index is 9.49. The molecule has 2 aromatic heterocycles. The van der Waals surface area contributed by atoms with Crippen molar-refractivity contribution in [1.29, 1.82) is 5.26 Å². The number of hydrogen-bond acceptors (Lipinski definition) is 6. The average molecular weight is 301 g/mol. The summed E-state index contributed by atoms with van der Waals surface area (Å²) in [5, 5.41) is 10.4. The molecule has 20 heavy (non-hydrogen) atoms. The fourth-order valence-corrected chi connectivity index (χ4v) is 3.61. The van der Waals surface area contributed by atoms with Crippen LogP contribution in [0.5, 0.6) is 0 Å². The van der Waals surface area contributed by atoms with Gasteiger partial charge in [0.15, 0.2) is 0 Å². The summed E-state index contributed by atoms with van der Waals surface area (Å²) in [5.74, 6) is 0.363. The highest BCUT2D eigenvalue weighted by Gasteiger charge is 2.20. The van der Waals surface area contributed by atoms with E-state index in [1.54, 1.807) is 0 Å². The molecule has 100 valence electrons. The average Bonchev–Trinajstić information content (AvgIpc) is 2.91. The maximum atomic E-state index is 9.49. The van der Waals surface area contributed by atoms with E-state index >= 15 is 0 Å². The van der Waals surface area contributed by atoms with Crippen molar-refractivity contribution in [3.8, 4) is 6.07 Å². The third-order valence-electron chi connectivity index (χ3n) is 2.95. The second-order valence-electron chi connectivity index (χ2n) is 4.30. The van der Waals surface area contributed by atoms with E-state index in [0.717, 1.165) is 31.7 Å². The Morgan fingerprint density at radius 3 is 2.30 bits per heavy atom. The number of aryl methyl sites for hydroxylation is 3. The second kappa shape index (κ2) is 5.77. The Hall–Kier alpha value is -1.65. The normalized spacial score (nSPS) is 11.9. The van der Waals surface area contributed by atoms with Crippen LogP contribution >= 0.6 is 22.9 Å². The molecule has 7 heteroatoms. The summed E-state index contributed by atoms with van der Waals surface area (Å²) in [6, 6.07) is 2.18. The van der Waals surface area contributed by atoms with Crippen molar-refractivity contribution in [2.24, 2.45) is 0 Å². The molecule has 0 aliphatic heterocycles. The van der Waals surface area contributed by atoms with Gasteiger partial charge in [-0.1, -0.05) is 0 Å². The van der Waals surface area contributed by atoms with E-state index in [9.17, 15) is 5.26 Å². The highest BCUT2D eigenvalue weighted by molar-refractivity contribution is 7.13. The first-order chi connectivity index (χ1) is 9.49. The first-order valence-electron chi connectivity index (χ1n) is 5.88. The van der Waals surface area contributed by atoms with Gasteiger partial charge in [-0.15, -0.1) is 11.3 Å². The topological polar surface area (TPSA) is 58.8 Å². The Bertz CT molecular complexity index is 725. The van der Waals surface area contributed by atoms with Crippen LogP contribution in [0.25, 0.3) is 11.3 Å². The molecule has 0 N–H and O–H groups in total. The molecule has 0 fully saturated rings. The number of hydrogen-bond donors (Lipinski definition) is 0. The zero-order valence-electron chi connectivity index (χ0n) is 11.6. The number of aromatic nitrogens is 2. The van der Waals surface area contributed by atoms with Crippen molar-refractivity contribution in [3.63, 3.8) is 0 Å². The molecule has 4 nitrogen and oxygen atoms in total. The van der Waals surface area contributed by atoms with Gasteiger partial charge in [0.05, 0.1) is 26.1 Å². The summed E-state index contributed by atoms with van der Waals surface area (Å²) in [6.07, 6.45) is 0. The molecule has 0 atom stereocenters. The molecular formula is C13H12BN3OS2. The maximum Gasteiger partial charge on any atom is 0.374 e. The monoisotopic (exact) mass is 301 g/mol. The number of nitriles is 1. The zero-order chi connectivity index (χ0) is 14.9. The summed E-state index contributed by atoms with van der Waals surface area (Å²) in [6.45, 7) is 7.63. The standard InChI is InChI=1S/C13H12BN3OS2/c1-6-7(2)17-20-12(6)10(5-15)11(18-14)13-8(3)16-9(4)19-13/h1-4H3. The second-order valence-corrected chi connectivity index (χ2v) is 6.28. The first kappa shape index (κ1) is 14.8. The Morgan fingerprint density at radius 2 is 1.90 bits per heavy atom. The van der Waals surface area contributed by atoms with Gasteiger partial charge in [0.25, 0.3) is 0 Å². The van der Waals surface area contributed by atoms with Crippen LogP contribution in [0, 0.1) is 39.0 Å². The van der Waals surface area contributed by atoms with Gasteiger partial charge in [-0.05, 0) is 44.8 Å². The molecule has 2 rings (SSSR count). The Labute approximate surface area is 127 Å². The van der Waals surface area contributed by atoms with Crippen LogP contribution in [-0.4, -0.2) is 17.4 Å². The van der Waals surface area contributed by atoms with Crippen molar-refractivity contribution in [1.82, 2.24) is 9.36 Å². The van der Waals surface area contributed by atoms with Gasteiger partial charge in [-0.2, -0.15) is 9.64 Å². The van der Waals surface area contributed by atoms with E-state index in [4.69, 9.17) is 12.7 Å². The molecule has 2 aromatic rings. The van der Waals surface area contributed by atoms with Crippen LogP contribution in [0.1, 0.15) is 31.7 Å². The molecule has 2 radical (unpaired) electrons. The Kier molecular flexibility index (Phi) is 4.26. The first-order valence-corrected chi connectivity index (χ1v) is 7.47. The van der Waals surface area contributed by atoms with E-state index in [0.29, 0.717) is 11.3 Å². The molecule has 0 saturated heterocycles. The number of thiazole rings is 1. The van der Waals surface area contributed by atoms with Gasteiger partial charge in [0.2, 0.25) is 0 Å². The summed E-state index contributed by atoms with van der Waals surface area (Å²) in [7, 11) is 5.41. The molecule has 0 spiro atoms. The molecule has 0 aromatic carbocycles. The quantitative estimate of drug-likeness (QED) is 0.496. The number of allylic oxidation sites excluding steroid dienone is 1. The number of nitrogens with zero attached hydrogens (tertiary/aromatic N) is 3. The largest absolute Gasteiger partial charge is 0.566 e. The SMILES string of the molecule is [B]OC(=C(C#N)c1snc(C)c1C)c1sc(C)nc1C. The smallest absolute Gasteiger partial charge is 0.374 e. The van der Waals surface area contributed by atoms with Gasteiger partial charge in [-0.3, -0.25) is 0 Å². The summed E-state index contributed by atoms with van der Waals surface area (Å²) in [4.78, 5) is 5.92. The minimum absolute atomic E-state index is 0.363. The molecule has 0 aliphatic rings. The molecular weight excluding hydrogens is 289 g/mol. The van der Waals surface area contributed by atoms with Gasteiger partial charge in [0, 0.05) is 0 Å². The van der Waals surface area contributed by atoms with Crippen molar-refractivity contribution in [2.75, 3.05) is 0 Å². The van der Waals surface area contributed by atoms with Crippen molar-refractivity contribution < 1.29 is 4.65 Å². The Balaban J connectivity index is 2.69. The minimum Gasteiger partial charge on any atom is -0.566 e. The lowest BCUT2D eigenvalue weighted by atomic mass is 10.1. The lowest BCUT2D eigenvalue weighted by Crippen LogP contribution is -1.94. The lowest BCUT2D eigenvalue weighted by molar-refractivity contribution is 0.576. The summed E-state index contributed by atoms with van der Waals surface area (Å²) >= 11 is 2.74. The lowest BCUT2D eigenvalue weighted by Gasteiger charge is -2.08. The third kappa shape index (κ3) is 2.49. The molecule has 2 heterocycles. The van der Waals surface area contributed by atoms with Crippen molar-refractivity contribution in [2.45, 2.75) is 27.7 Å². The van der Waals surface area contributed by atoms with Crippen LogP contribution < -0.4 is 0 Å². The summed E-state index contributed by atoms with van der Waals surface area (Å²) in [5.41, 5.74) is 3.09. The fourth-order valence-electron chi connectivity index (χ4n) is 1.82. The van der Waals surface area contributed by atoms with Crippen molar-refractivity contribution in [3.05, 3.63) is 31.7 Å². The third-order valence-corrected chi connectivity index (χ3v) is 5.08. The van der Waals surface area contributed by atoms with E-state index in [-0.39, 0.29) is 0 Å². The molecule has 0 aliphatic carbocycles. The molecule has 0 unspecified atom stereocenters. The highest BCUT2D eigenvalue weighted by atomic mass is 32.1. The fraction of sp³-hybridized carbons (Fsp3) is 0.308. The van der Waals surface area contributed by atoms with Crippen LogP contribution in [0.15, 0.2) is 0 Å². The van der Waals surface area contributed by atoms with E-state index in [1.165, 1.54) is 22.9 Å². The van der Waals surface area contributed by atoms with Crippen molar-refractivity contribution >= 4 is 42.3 Å². The highest BCUT2D eigenvalue weighted by Crippen LogP contribution is 2.35. The number of rotatable bonds is 3. The van der Waals surface area contributed by atoms with Gasteiger partial charge in [-0.25, -0.2) is 4.98 Å². The Morgan fingerprint density at radius 1 is 1.20 bits per heavy atom. The zero-order valence-corrected chi connectivity index (χ0v) is 13.3. The molecule has 0 saturated carbocycles. The summed E-state index contributed by atoms with van der Waals surface area (Å²) < 4.78 is 9.28. The van der Waals surface area contributed by atoms with Gasteiger partial charge in [0.1, 0.15) is 17.4 Å². The van der Waals surface area contributed by atoms with E-state index in [2.05, 4.69) is 15.4 Å². The molecule has 0 amide bonds. The van der Waals surface area contributed by atoms with E-state index < -0.39 is 0 Å². The van der Waals surface area contributed by atoms with Crippen LogP contribution in [-0.2, 0) is 4.65 Å². The predicted octanol–water partition coefficient (Wildman–Crippen LogP) is 3.33. The van der Waals surface area contributed by atoms with Crippen LogP contribution in [0.4, 0.5) is 0 Å². The minimum atomic E-state index is 0.363.